The van der Waals surface area contributed by atoms with E-state index >= 15 is 0 Å². The van der Waals surface area contributed by atoms with Gasteiger partial charge in [-0.05, 0) is 18.1 Å². The van der Waals surface area contributed by atoms with Gasteiger partial charge >= 0.3 is 0 Å². The third-order valence-electron chi connectivity index (χ3n) is 3.72. The third-order valence-corrected chi connectivity index (χ3v) is 4.41. The van der Waals surface area contributed by atoms with E-state index in [0.717, 1.165) is 27.7 Å². The Balaban J connectivity index is 2.07. The van der Waals surface area contributed by atoms with Gasteiger partial charge in [0.1, 0.15) is 5.82 Å². The van der Waals surface area contributed by atoms with Crippen molar-refractivity contribution in [1.82, 2.24) is 9.78 Å². The molecule has 4 heteroatoms. The van der Waals surface area contributed by atoms with Crippen LogP contribution in [0.4, 0.5) is 5.82 Å². The van der Waals surface area contributed by atoms with Gasteiger partial charge in [-0.3, -0.25) is 0 Å². The minimum absolute atomic E-state index is 0.685. The van der Waals surface area contributed by atoms with Crippen molar-refractivity contribution in [2.45, 2.75) is 19.9 Å². The maximum atomic E-state index is 6.41. The van der Waals surface area contributed by atoms with Gasteiger partial charge in [-0.15, -0.1) is 0 Å². The smallest absolute Gasteiger partial charge is 0.130 e. The molecule has 0 aliphatic heterocycles. The lowest BCUT2D eigenvalue weighted by Gasteiger charge is -2.07. The van der Waals surface area contributed by atoms with Gasteiger partial charge in [0, 0.05) is 15.6 Å². The van der Waals surface area contributed by atoms with Gasteiger partial charge in [0.25, 0.3) is 0 Å². The van der Waals surface area contributed by atoms with Crippen molar-refractivity contribution in [2.24, 2.45) is 0 Å². The zero-order valence-corrected chi connectivity index (χ0v) is 14.0. The van der Waals surface area contributed by atoms with E-state index in [2.05, 4.69) is 41.1 Å². The monoisotopic (exact) mass is 355 g/mol. The van der Waals surface area contributed by atoms with E-state index in [0.29, 0.717) is 12.4 Å². The van der Waals surface area contributed by atoms with Crippen LogP contribution in [0.25, 0.3) is 11.1 Å². The number of anilines is 1. The van der Waals surface area contributed by atoms with Gasteiger partial charge in [-0.25, -0.2) is 4.68 Å². The zero-order chi connectivity index (χ0) is 15.5. The molecule has 3 nitrogen and oxygen atoms in total. The Morgan fingerprint density at radius 3 is 2.41 bits per heavy atom. The molecule has 0 unspecified atom stereocenters. The van der Waals surface area contributed by atoms with Crippen molar-refractivity contribution in [3.63, 3.8) is 0 Å². The molecule has 1 heterocycles. The van der Waals surface area contributed by atoms with E-state index in [9.17, 15) is 0 Å². The molecular weight excluding hydrogens is 338 g/mol. The molecule has 0 fully saturated rings. The summed E-state index contributed by atoms with van der Waals surface area (Å²) in [5.74, 6) is 0.715. The molecule has 0 aliphatic carbocycles. The average molecular weight is 356 g/mol. The van der Waals surface area contributed by atoms with E-state index in [1.165, 1.54) is 5.56 Å². The predicted octanol–water partition coefficient (Wildman–Crippen LogP) is 4.51. The summed E-state index contributed by atoms with van der Waals surface area (Å²) in [7, 11) is 0. The van der Waals surface area contributed by atoms with Crippen molar-refractivity contribution in [2.75, 3.05) is 5.73 Å². The van der Waals surface area contributed by atoms with E-state index in [1.807, 2.05) is 41.1 Å². The fourth-order valence-corrected chi connectivity index (χ4v) is 3.09. The van der Waals surface area contributed by atoms with Crippen molar-refractivity contribution in [1.29, 1.82) is 0 Å². The second-order valence-corrected chi connectivity index (χ2v) is 6.04. The highest BCUT2D eigenvalue weighted by atomic mass is 79.9. The molecule has 2 aromatic carbocycles. The summed E-state index contributed by atoms with van der Waals surface area (Å²) >= 11 is 3.61. The first-order valence-electron chi connectivity index (χ1n) is 7.34. The first-order chi connectivity index (χ1) is 10.7. The second kappa shape index (κ2) is 6.36. The Bertz CT molecular complexity index is 778. The molecule has 0 spiro atoms. The molecule has 1 aromatic heterocycles. The number of nitrogens with zero attached hydrogens (tertiary/aromatic N) is 2. The number of aromatic nitrogens is 2. The first kappa shape index (κ1) is 14.9. The molecule has 112 valence electrons. The highest BCUT2D eigenvalue weighted by Crippen LogP contribution is 2.35. The maximum Gasteiger partial charge on any atom is 0.130 e. The summed E-state index contributed by atoms with van der Waals surface area (Å²) in [6.07, 6.45) is 0.850. The number of hydrogen-bond acceptors (Lipinski definition) is 2. The normalized spacial score (nSPS) is 10.8. The van der Waals surface area contributed by atoms with Crippen LogP contribution in [0.3, 0.4) is 0 Å². The van der Waals surface area contributed by atoms with E-state index in [-0.39, 0.29) is 0 Å². The molecule has 0 aliphatic rings. The van der Waals surface area contributed by atoms with E-state index < -0.39 is 0 Å². The van der Waals surface area contributed by atoms with Crippen molar-refractivity contribution >= 4 is 21.7 Å². The first-order valence-corrected chi connectivity index (χ1v) is 8.14. The Labute approximate surface area is 138 Å². The molecule has 0 amide bonds. The molecule has 22 heavy (non-hydrogen) atoms. The summed E-state index contributed by atoms with van der Waals surface area (Å²) in [5.41, 5.74) is 10.8. The number of benzene rings is 2. The molecule has 3 aromatic rings. The number of rotatable bonds is 4. The molecule has 0 atom stereocenters. The van der Waals surface area contributed by atoms with Crippen LogP contribution in [-0.2, 0) is 13.0 Å². The highest BCUT2D eigenvalue weighted by Gasteiger charge is 2.17. The standard InChI is InChI=1S/C18H18BrN3/c1-2-16-17(14-10-6-7-11-15(14)19)18(20)22(21-16)12-13-8-4-3-5-9-13/h3-11H,2,12,20H2,1H3. The number of nitrogens with two attached hydrogens (primary N) is 1. The van der Waals surface area contributed by atoms with Crippen LogP contribution in [0.15, 0.2) is 59.1 Å². The van der Waals surface area contributed by atoms with Crippen molar-refractivity contribution in [3.8, 4) is 11.1 Å². The van der Waals surface area contributed by atoms with Crippen LogP contribution in [0.1, 0.15) is 18.2 Å². The van der Waals surface area contributed by atoms with Crippen LogP contribution < -0.4 is 5.73 Å². The summed E-state index contributed by atoms with van der Waals surface area (Å²) in [5, 5.41) is 4.71. The van der Waals surface area contributed by atoms with Crippen LogP contribution >= 0.6 is 15.9 Å². The minimum atomic E-state index is 0.685. The summed E-state index contributed by atoms with van der Waals surface area (Å²) in [6, 6.07) is 18.4. The number of halogens is 1. The van der Waals surface area contributed by atoms with Gasteiger partial charge in [0.15, 0.2) is 0 Å². The lowest BCUT2D eigenvalue weighted by atomic mass is 10.0. The molecule has 3 rings (SSSR count). The van der Waals surface area contributed by atoms with Gasteiger partial charge in [0.2, 0.25) is 0 Å². The lowest BCUT2D eigenvalue weighted by molar-refractivity contribution is 0.683. The Morgan fingerprint density at radius 1 is 1.05 bits per heavy atom. The van der Waals surface area contributed by atoms with Gasteiger partial charge < -0.3 is 5.73 Å². The molecular formula is C18H18BrN3. The largest absolute Gasteiger partial charge is 0.383 e. The number of aryl methyl sites for hydroxylation is 1. The zero-order valence-electron chi connectivity index (χ0n) is 12.5. The van der Waals surface area contributed by atoms with E-state index in [1.54, 1.807) is 0 Å². The second-order valence-electron chi connectivity index (χ2n) is 5.18. The Morgan fingerprint density at radius 2 is 1.73 bits per heavy atom. The van der Waals surface area contributed by atoms with Crippen molar-refractivity contribution < 1.29 is 0 Å². The average Bonchev–Trinajstić information content (AvgIpc) is 2.85. The molecule has 0 saturated heterocycles. The van der Waals surface area contributed by atoms with Crippen molar-refractivity contribution in [3.05, 3.63) is 70.3 Å². The predicted molar refractivity (Wildman–Crippen MR) is 94.7 cm³/mol. The lowest BCUT2D eigenvalue weighted by Crippen LogP contribution is -2.06. The molecule has 2 N–H and O–H groups in total. The quantitative estimate of drug-likeness (QED) is 0.748. The number of hydrogen-bond donors (Lipinski definition) is 1. The summed E-state index contributed by atoms with van der Waals surface area (Å²) in [6.45, 7) is 2.79. The van der Waals surface area contributed by atoms with Gasteiger partial charge in [-0.2, -0.15) is 5.10 Å². The minimum Gasteiger partial charge on any atom is -0.383 e. The fraction of sp³-hybridized carbons (Fsp3) is 0.167. The number of nitrogen functional groups attached to an aromatic ring is 1. The Hall–Kier alpha value is -2.07. The molecule has 0 bridgehead atoms. The van der Waals surface area contributed by atoms with Crippen LogP contribution in [-0.4, -0.2) is 9.78 Å². The molecule has 0 radical (unpaired) electrons. The highest BCUT2D eigenvalue weighted by molar-refractivity contribution is 9.10. The maximum absolute atomic E-state index is 6.41. The fourth-order valence-electron chi connectivity index (χ4n) is 2.61. The topological polar surface area (TPSA) is 43.8 Å². The van der Waals surface area contributed by atoms with Crippen LogP contribution in [0, 0.1) is 0 Å². The summed E-state index contributed by atoms with van der Waals surface area (Å²) < 4.78 is 2.93. The third kappa shape index (κ3) is 2.79. The van der Waals surface area contributed by atoms with E-state index in [4.69, 9.17) is 10.8 Å². The summed E-state index contributed by atoms with van der Waals surface area (Å²) in [4.78, 5) is 0. The molecule has 0 saturated carbocycles. The SMILES string of the molecule is CCc1nn(Cc2ccccc2)c(N)c1-c1ccccc1Br. The van der Waals surface area contributed by atoms with Crippen LogP contribution in [0.2, 0.25) is 0 Å². The van der Waals surface area contributed by atoms with Gasteiger partial charge in [-0.1, -0.05) is 71.4 Å². The Kier molecular flexibility index (Phi) is 4.29. The van der Waals surface area contributed by atoms with Gasteiger partial charge in [0.05, 0.1) is 12.2 Å². The van der Waals surface area contributed by atoms with Crippen LogP contribution in [0.5, 0.6) is 0 Å².